The molecule has 0 radical (unpaired) electrons. The molecule has 0 aliphatic carbocycles. The van der Waals surface area contributed by atoms with Crippen molar-refractivity contribution in [3.63, 3.8) is 0 Å². The normalized spacial score (nSPS) is 13.4. The predicted molar refractivity (Wildman–Crippen MR) is 87.5 cm³/mol. The number of anilines is 1. The minimum Gasteiger partial charge on any atom is -0.325 e. The average molecular weight is 339 g/mol. The first-order valence-corrected chi connectivity index (χ1v) is 7.52. The lowest BCUT2D eigenvalue weighted by Gasteiger charge is -2.20. The largest absolute Gasteiger partial charge is 0.325 e. The van der Waals surface area contributed by atoms with E-state index in [4.69, 9.17) is 11.6 Å². The molecule has 1 amide bonds. The van der Waals surface area contributed by atoms with Gasteiger partial charge in [0.15, 0.2) is 11.6 Å². The molecule has 2 atom stereocenters. The highest BCUT2D eigenvalue weighted by molar-refractivity contribution is 6.30. The van der Waals surface area contributed by atoms with Gasteiger partial charge in [-0.1, -0.05) is 23.7 Å². The quantitative estimate of drug-likeness (QED) is 0.853. The number of rotatable bonds is 5. The van der Waals surface area contributed by atoms with E-state index >= 15 is 0 Å². The van der Waals surface area contributed by atoms with Crippen LogP contribution in [-0.2, 0) is 4.79 Å². The standard InChI is InChI=1S/C17H17ClF2N2O/c1-10(12-6-7-15(19)16(20)8-12)21-11(2)17(23)22-14-5-3-4-13(18)9-14/h3-11,21H,1-2H3,(H,22,23)/t10-,11+/m1/s1. The van der Waals surface area contributed by atoms with E-state index < -0.39 is 17.7 Å². The highest BCUT2D eigenvalue weighted by Gasteiger charge is 2.17. The third-order valence-corrected chi connectivity index (χ3v) is 3.66. The van der Waals surface area contributed by atoms with Crippen molar-refractivity contribution in [2.45, 2.75) is 25.9 Å². The maximum absolute atomic E-state index is 13.3. The molecule has 122 valence electrons. The van der Waals surface area contributed by atoms with Gasteiger partial charge in [0.25, 0.3) is 0 Å². The van der Waals surface area contributed by atoms with E-state index in [0.29, 0.717) is 16.3 Å². The molecule has 2 N–H and O–H groups in total. The van der Waals surface area contributed by atoms with Gasteiger partial charge in [0.2, 0.25) is 5.91 Å². The van der Waals surface area contributed by atoms with Crippen LogP contribution in [0.3, 0.4) is 0 Å². The van der Waals surface area contributed by atoms with Crippen LogP contribution in [0.2, 0.25) is 5.02 Å². The number of benzene rings is 2. The second-order valence-electron chi connectivity index (χ2n) is 5.28. The Kier molecular flexibility index (Phi) is 5.69. The second kappa shape index (κ2) is 7.53. The zero-order valence-corrected chi connectivity index (χ0v) is 13.5. The molecule has 0 spiro atoms. The Labute approximate surface area is 138 Å². The smallest absolute Gasteiger partial charge is 0.241 e. The van der Waals surface area contributed by atoms with E-state index in [1.54, 1.807) is 38.1 Å². The van der Waals surface area contributed by atoms with E-state index in [0.717, 1.165) is 12.1 Å². The van der Waals surface area contributed by atoms with Crippen LogP contribution in [0.4, 0.5) is 14.5 Å². The van der Waals surface area contributed by atoms with Gasteiger partial charge in [-0.3, -0.25) is 10.1 Å². The summed E-state index contributed by atoms with van der Waals surface area (Å²) in [7, 11) is 0. The Morgan fingerprint density at radius 3 is 2.48 bits per heavy atom. The molecule has 0 saturated heterocycles. The van der Waals surface area contributed by atoms with Crippen molar-refractivity contribution >= 4 is 23.2 Å². The van der Waals surface area contributed by atoms with E-state index in [2.05, 4.69) is 10.6 Å². The van der Waals surface area contributed by atoms with Gasteiger partial charge < -0.3 is 5.32 Å². The Morgan fingerprint density at radius 1 is 1.09 bits per heavy atom. The first kappa shape index (κ1) is 17.4. The van der Waals surface area contributed by atoms with Gasteiger partial charge in [-0.15, -0.1) is 0 Å². The van der Waals surface area contributed by atoms with Crippen LogP contribution in [-0.4, -0.2) is 11.9 Å². The summed E-state index contributed by atoms with van der Waals surface area (Å²) >= 11 is 5.87. The topological polar surface area (TPSA) is 41.1 Å². The van der Waals surface area contributed by atoms with Crippen molar-refractivity contribution in [1.29, 1.82) is 0 Å². The average Bonchev–Trinajstić information content (AvgIpc) is 2.49. The van der Waals surface area contributed by atoms with E-state index in [1.165, 1.54) is 6.07 Å². The molecule has 2 rings (SSSR count). The fourth-order valence-corrected chi connectivity index (χ4v) is 2.34. The Balaban J connectivity index is 1.98. The van der Waals surface area contributed by atoms with Crippen molar-refractivity contribution in [3.8, 4) is 0 Å². The van der Waals surface area contributed by atoms with Crippen LogP contribution in [0, 0.1) is 11.6 Å². The third-order valence-electron chi connectivity index (χ3n) is 3.43. The first-order valence-electron chi connectivity index (χ1n) is 7.14. The highest BCUT2D eigenvalue weighted by atomic mass is 35.5. The van der Waals surface area contributed by atoms with Crippen LogP contribution >= 0.6 is 11.6 Å². The third kappa shape index (κ3) is 4.74. The number of carbonyl (C=O) groups is 1. The number of hydrogen-bond acceptors (Lipinski definition) is 2. The van der Waals surface area contributed by atoms with Crippen molar-refractivity contribution < 1.29 is 13.6 Å². The van der Waals surface area contributed by atoms with Crippen LogP contribution in [0.25, 0.3) is 0 Å². The van der Waals surface area contributed by atoms with Crippen molar-refractivity contribution in [1.82, 2.24) is 5.32 Å². The molecule has 0 bridgehead atoms. The van der Waals surface area contributed by atoms with Crippen LogP contribution < -0.4 is 10.6 Å². The maximum atomic E-state index is 13.3. The summed E-state index contributed by atoms with van der Waals surface area (Å²) in [6, 6.07) is 9.65. The Morgan fingerprint density at radius 2 is 1.83 bits per heavy atom. The molecule has 0 saturated carbocycles. The number of nitrogens with one attached hydrogen (secondary N) is 2. The van der Waals surface area contributed by atoms with Crippen molar-refractivity contribution in [3.05, 3.63) is 64.7 Å². The SMILES string of the molecule is C[C@H](N[C@H](C)c1ccc(F)c(F)c1)C(=O)Nc1cccc(Cl)c1. The lowest BCUT2D eigenvalue weighted by molar-refractivity contribution is -0.117. The van der Waals surface area contributed by atoms with Crippen LogP contribution in [0.1, 0.15) is 25.5 Å². The molecule has 2 aromatic rings. The molecule has 0 aromatic heterocycles. The van der Waals surface area contributed by atoms with E-state index in [1.807, 2.05) is 0 Å². The van der Waals surface area contributed by atoms with Gasteiger partial charge in [0.05, 0.1) is 6.04 Å². The molecule has 0 unspecified atom stereocenters. The molecular weight excluding hydrogens is 322 g/mol. The number of hydrogen-bond donors (Lipinski definition) is 2. The fourth-order valence-electron chi connectivity index (χ4n) is 2.15. The van der Waals surface area contributed by atoms with Gasteiger partial charge >= 0.3 is 0 Å². The molecule has 2 aromatic carbocycles. The second-order valence-corrected chi connectivity index (χ2v) is 5.72. The summed E-state index contributed by atoms with van der Waals surface area (Å²) in [6.07, 6.45) is 0. The van der Waals surface area contributed by atoms with Crippen molar-refractivity contribution in [2.75, 3.05) is 5.32 Å². The number of carbonyl (C=O) groups excluding carboxylic acids is 1. The van der Waals surface area contributed by atoms with Crippen molar-refractivity contribution in [2.24, 2.45) is 0 Å². The van der Waals surface area contributed by atoms with E-state index in [-0.39, 0.29) is 11.9 Å². The van der Waals surface area contributed by atoms with Gasteiger partial charge in [0.1, 0.15) is 0 Å². The summed E-state index contributed by atoms with van der Waals surface area (Å²) in [5.74, 6) is -2.05. The van der Waals surface area contributed by atoms with E-state index in [9.17, 15) is 13.6 Å². The Hall–Kier alpha value is -1.98. The molecular formula is C17H17ClF2N2O. The lowest BCUT2D eigenvalue weighted by atomic mass is 10.1. The molecule has 0 heterocycles. The number of amides is 1. The maximum Gasteiger partial charge on any atom is 0.241 e. The molecule has 0 aliphatic heterocycles. The highest BCUT2D eigenvalue weighted by Crippen LogP contribution is 2.18. The van der Waals surface area contributed by atoms with Gasteiger partial charge in [0, 0.05) is 16.8 Å². The minimum atomic E-state index is -0.910. The summed E-state index contributed by atoms with van der Waals surface area (Å²) in [6.45, 7) is 3.46. The van der Waals surface area contributed by atoms with Crippen LogP contribution in [0.15, 0.2) is 42.5 Å². The summed E-state index contributed by atoms with van der Waals surface area (Å²) in [4.78, 5) is 12.2. The van der Waals surface area contributed by atoms with Gasteiger partial charge in [-0.05, 0) is 49.7 Å². The molecule has 0 fully saturated rings. The fraction of sp³-hybridized carbons (Fsp3) is 0.235. The zero-order chi connectivity index (χ0) is 17.0. The lowest BCUT2D eigenvalue weighted by Crippen LogP contribution is -2.39. The monoisotopic (exact) mass is 338 g/mol. The van der Waals surface area contributed by atoms with Gasteiger partial charge in [-0.25, -0.2) is 8.78 Å². The summed E-state index contributed by atoms with van der Waals surface area (Å²) in [5, 5.41) is 6.31. The minimum absolute atomic E-state index is 0.248. The zero-order valence-electron chi connectivity index (χ0n) is 12.7. The molecule has 3 nitrogen and oxygen atoms in total. The predicted octanol–water partition coefficient (Wildman–Crippen LogP) is 4.30. The Bertz CT molecular complexity index is 709. The number of halogens is 3. The molecule has 0 aliphatic rings. The summed E-state index contributed by atoms with van der Waals surface area (Å²) in [5.41, 5.74) is 1.16. The first-order chi connectivity index (χ1) is 10.9. The molecule has 6 heteroatoms. The molecule has 23 heavy (non-hydrogen) atoms. The van der Waals surface area contributed by atoms with Crippen LogP contribution in [0.5, 0.6) is 0 Å². The van der Waals surface area contributed by atoms with Gasteiger partial charge in [-0.2, -0.15) is 0 Å². The summed E-state index contributed by atoms with van der Waals surface area (Å²) < 4.78 is 26.2.